The summed E-state index contributed by atoms with van der Waals surface area (Å²) in [5, 5.41) is 10.8. The molecule has 0 unspecified atom stereocenters. The summed E-state index contributed by atoms with van der Waals surface area (Å²) in [6.45, 7) is 0.118. The summed E-state index contributed by atoms with van der Waals surface area (Å²) in [4.78, 5) is 0. The van der Waals surface area contributed by atoms with Crippen molar-refractivity contribution in [2.75, 3.05) is 0 Å². The molecule has 176 valence electrons. The lowest BCUT2D eigenvalue weighted by molar-refractivity contribution is 1.18. The van der Waals surface area contributed by atoms with Crippen LogP contribution in [0.15, 0.2) is 115 Å². The zero-order valence-corrected chi connectivity index (χ0v) is 20.9. The molecule has 7 aromatic carbocycles. The molecule has 0 spiro atoms. The van der Waals surface area contributed by atoms with Gasteiger partial charge in [0.05, 0.1) is 11.0 Å². The molecule has 0 saturated heterocycles. The lowest BCUT2D eigenvalue weighted by Gasteiger charge is -2.33. The Bertz CT molecular complexity index is 2560. The molecule has 2 nitrogen and oxygen atoms in total. The Morgan fingerprint density at radius 2 is 1.21 bits per heavy atom. The van der Waals surface area contributed by atoms with Gasteiger partial charge >= 0.3 is 6.85 Å². The quantitative estimate of drug-likeness (QED) is 0.153. The third kappa shape index (κ3) is 1.96. The molecule has 0 fully saturated rings. The van der Waals surface area contributed by atoms with Crippen molar-refractivity contribution in [3.8, 4) is 16.8 Å². The molecule has 9 aromatic rings. The molecule has 11 rings (SSSR count). The van der Waals surface area contributed by atoms with Crippen molar-refractivity contribution in [2.45, 2.75) is 0 Å². The SMILES string of the molecule is c1cc2c3c(c1)-n1c4cccc5ccc6ccc(c1c6c54)B3n1c3ccc4ccccc4c3c3cccc-2c31. The Hall–Kier alpha value is -5.02. The number of hydrogen-bond acceptors (Lipinski definition) is 0. The minimum Gasteiger partial charge on any atom is -0.375 e. The van der Waals surface area contributed by atoms with Gasteiger partial charge in [-0.3, -0.25) is 0 Å². The maximum Gasteiger partial charge on any atom is 0.333 e. The first-order valence-electron chi connectivity index (χ1n) is 13.7. The van der Waals surface area contributed by atoms with Gasteiger partial charge in [-0.25, -0.2) is 0 Å². The van der Waals surface area contributed by atoms with Crippen molar-refractivity contribution >= 4 is 82.9 Å². The highest BCUT2D eigenvalue weighted by molar-refractivity contribution is 6.90. The maximum absolute atomic E-state index is 2.66. The lowest BCUT2D eigenvalue weighted by Crippen LogP contribution is -2.55. The third-order valence-electron chi connectivity index (χ3n) is 9.63. The number of aromatic nitrogens is 2. The zero-order chi connectivity index (χ0) is 25.0. The van der Waals surface area contributed by atoms with Gasteiger partial charge in [-0.1, -0.05) is 97.1 Å². The fourth-order valence-corrected chi connectivity index (χ4v) is 8.24. The summed E-state index contributed by atoms with van der Waals surface area (Å²) >= 11 is 0. The van der Waals surface area contributed by atoms with E-state index in [4.69, 9.17) is 0 Å². The van der Waals surface area contributed by atoms with Gasteiger partial charge in [0.15, 0.2) is 0 Å². The first kappa shape index (κ1) is 19.1. The van der Waals surface area contributed by atoms with E-state index in [1.807, 2.05) is 0 Å². The maximum atomic E-state index is 2.66. The van der Waals surface area contributed by atoms with Crippen LogP contribution in [0.2, 0.25) is 0 Å². The molecular weight excluding hydrogens is 471 g/mol. The number of para-hydroxylation sites is 1. The van der Waals surface area contributed by atoms with Gasteiger partial charge in [0, 0.05) is 43.8 Å². The fourth-order valence-electron chi connectivity index (χ4n) is 8.24. The van der Waals surface area contributed by atoms with Gasteiger partial charge in [-0.05, 0) is 56.2 Å². The minimum absolute atomic E-state index is 0.118. The van der Waals surface area contributed by atoms with Gasteiger partial charge in [0.1, 0.15) is 0 Å². The van der Waals surface area contributed by atoms with Crippen LogP contribution in [0.3, 0.4) is 0 Å². The van der Waals surface area contributed by atoms with E-state index in [9.17, 15) is 0 Å². The molecule has 39 heavy (non-hydrogen) atoms. The van der Waals surface area contributed by atoms with Gasteiger partial charge in [-0.15, -0.1) is 0 Å². The summed E-state index contributed by atoms with van der Waals surface area (Å²) in [7, 11) is 0. The molecule has 0 aliphatic carbocycles. The van der Waals surface area contributed by atoms with Gasteiger partial charge in [-0.2, -0.15) is 0 Å². The summed E-state index contributed by atoms with van der Waals surface area (Å²) in [6, 6.07) is 43.4. The van der Waals surface area contributed by atoms with Crippen LogP contribution >= 0.6 is 0 Å². The molecule has 0 atom stereocenters. The second kappa shape index (κ2) is 6.16. The Balaban J connectivity index is 1.43. The molecule has 2 aromatic heterocycles. The number of benzene rings is 7. The van der Waals surface area contributed by atoms with Crippen molar-refractivity contribution < 1.29 is 0 Å². The van der Waals surface area contributed by atoms with Crippen molar-refractivity contribution in [3.63, 3.8) is 0 Å². The molecule has 0 radical (unpaired) electrons. The van der Waals surface area contributed by atoms with Crippen molar-refractivity contribution in [3.05, 3.63) is 115 Å². The molecular formula is C36H19BN2. The van der Waals surface area contributed by atoms with Crippen LogP contribution < -0.4 is 10.9 Å². The van der Waals surface area contributed by atoms with E-state index in [1.54, 1.807) is 0 Å². The van der Waals surface area contributed by atoms with Crippen molar-refractivity contribution in [1.29, 1.82) is 0 Å². The van der Waals surface area contributed by atoms with Crippen LogP contribution in [0.5, 0.6) is 0 Å². The Morgan fingerprint density at radius 1 is 0.462 bits per heavy atom. The largest absolute Gasteiger partial charge is 0.375 e. The van der Waals surface area contributed by atoms with E-state index in [0.717, 1.165) is 0 Å². The molecule has 2 aliphatic heterocycles. The van der Waals surface area contributed by atoms with Crippen LogP contribution in [-0.2, 0) is 0 Å². The van der Waals surface area contributed by atoms with Crippen LogP contribution in [0.4, 0.5) is 0 Å². The van der Waals surface area contributed by atoms with E-state index in [0.29, 0.717) is 0 Å². The Kier molecular flexibility index (Phi) is 3.02. The van der Waals surface area contributed by atoms with Gasteiger partial charge < -0.3 is 9.05 Å². The fraction of sp³-hybridized carbons (Fsp3) is 0. The van der Waals surface area contributed by atoms with E-state index < -0.39 is 0 Å². The van der Waals surface area contributed by atoms with Crippen LogP contribution in [0.1, 0.15) is 0 Å². The average molecular weight is 490 g/mol. The first-order valence-corrected chi connectivity index (χ1v) is 13.7. The minimum atomic E-state index is 0.118. The molecule has 4 heterocycles. The highest BCUT2D eigenvalue weighted by Gasteiger charge is 2.41. The second-order valence-corrected chi connectivity index (χ2v) is 11.3. The van der Waals surface area contributed by atoms with Crippen molar-refractivity contribution in [2.24, 2.45) is 0 Å². The monoisotopic (exact) mass is 490 g/mol. The van der Waals surface area contributed by atoms with Crippen LogP contribution in [-0.4, -0.2) is 15.9 Å². The zero-order valence-electron chi connectivity index (χ0n) is 20.9. The number of fused-ring (bicyclic) bond motifs is 10. The van der Waals surface area contributed by atoms with E-state index >= 15 is 0 Å². The standard InChI is InChI=1S/C36H19BN2/c1-2-8-23-20(6-1)17-19-29-33(23)26-11-4-10-25-24-9-5-13-30-34(24)37(39(29)35(25)26)27-18-16-22-15-14-21-7-3-12-28-31(21)32(22)36(27)38(28)30/h1-19H. The normalized spacial score (nSPS) is 13.6. The van der Waals surface area contributed by atoms with Crippen molar-refractivity contribution in [1.82, 2.24) is 9.05 Å². The molecule has 0 bridgehead atoms. The molecule has 2 aliphatic rings. The second-order valence-electron chi connectivity index (χ2n) is 11.3. The first-order chi connectivity index (χ1) is 19.4. The predicted molar refractivity (Wildman–Crippen MR) is 166 cm³/mol. The highest BCUT2D eigenvalue weighted by atomic mass is 15.0. The molecule has 0 saturated carbocycles. The topological polar surface area (TPSA) is 9.86 Å². The predicted octanol–water partition coefficient (Wildman–Crippen LogP) is 7.58. The summed E-state index contributed by atoms with van der Waals surface area (Å²) in [6.07, 6.45) is 0. The Labute approximate surface area is 223 Å². The van der Waals surface area contributed by atoms with Gasteiger partial charge in [0.25, 0.3) is 0 Å². The van der Waals surface area contributed by atoms with E-state index in [-0.39, 0.29) is 6.85 Å². The van der Waals surface area contributed by atoms with E-state index in [2.05, 4.69) is 124 Å². The summed E-state index contributed by atoms with van der Waals surface area (Å²) in [5.41, 5.74) is 12.2. The number of hydrogen-bond donors (Lipinski definition) is 0. The Morgan fingerprint density at radius 3 is 2.18 bits per heavy atom. The molecule has 3 heteroatoms. The molecule has 0 N–H and O–H groups in total. The lowest BCUT2D eigenvalue weighted by atomic mass is 9.45. The highest BCUT2D eigenvalue weighted by Crippen LogP contribution is 2.45. The van der Waals surface area contributed by atoms with E-state index in [1.165, 1.54) is 92.9 Å². The van der Waals surface area contributed by atoms with Crippen LogP contribution in [0.25, 0.3) is 82.0 Å². The van der Waals surface area contributed by atoms with Gasteiger partial charge in [0.2, 0.25) is 0 Å². The van der Waals surface area contributed by atoms with Crippen LogP contribution in [0, 0.1) is 0 Å². The number of nitrogens with zero attached hydrogens (tertiary/aromatic N) is 2. The smallest absolute Gasteiger partial charge is 0.333 e. The summed E-state index contributed by atoms with van der Waals surface area (Å²) < 4.78 is 5.22. The average Bonchev–Trinajstić information content (AvgIpc) is 3.53. The molecule has 0 amide bonds. The number of rotatable bonds is 0. The summed E-state index contributed by atoms with van der Waals surface area (Å²) in [5.74, 6) is 0. The third-order valence-corrected chi connectivity index (χ3v) is 9.63.